The van der Waals surface area contributed by atoms with E-state index >= 15 is 0 Å². The van der Waals surface area contributed by atoms with Gasteiger partial charge in [0.05, 0.1) is 12.6 Å². The van der Waals surface area contributed by atoms with Gasteiger partial charge in [-0.3, -0.25) is 0 Å². The van der Waals surface area contributed by atoms with Gasteiger partial charge in [-0.1, -0.05) is 25.4 Å². The zero-order chi connectivity index (χ0) is 12.3. The summed E-state index contributed by atoms with van der Waals surface area (Å²) in [6.45, 7) is 5.78. The van der Waals surface area contributed by atoms with E-state index in [0.717, 1.165) is 37.4 Å². The van der Waals surface area contributed by atoms with Crippen LogP contribution in [0.4, 0.5) is 5.82 Å². The van der Waals surface area contributed by atoms with Crippen LogP contribution in [0.5, 0.6) is 0 Å². The number of nitrogens with one attached hydrogen (secondary N) is 1. The summed E-state index contributed by atoms with van der Waals surface area (Å²) < 4.78 is 5.45. The molecule has 4 nitrogen and oxygen atoms in total. The molecule has 1 saturated heterocycles. The van der Waals surface area contributed by atoms with Crippen molar-refractivity contribution in [3.63, 3.8) is 0 Å². The molecule has 1 unspecified atom stereocenters. The van der Waals surface area contributed by atoms with Crippen molar-refractivity contribution >= 4 is 17.4 Å². The molecule has 0 bridgehead atoms. The Morgan fingerprint density at radius 3 is 2.94 bits per heavy atom. The highest BCUT2D eigenvalue weighted by molar-refractivity contribution is 6.30. The zero-order valence-electron chi connectivity index (χ0n) is 10.2. The molecule has 0 spiro atoms. The van der Waals surface area contributed by atoms with E-state index in [-0.39, 0.29) is 0 Å². The summed E-state index contributed by atoms with van der Waals surface area (Å²) in [5.74, 6) is 1.14. The van der Waals surface area contributed by atoms with Crippen LogP contribution < -0.4 is 5.32 Å². The molecular formula is C12H18ClN3O. The van der Waals surface area contributed by atoms with Gasteiger partial charge in [-0.2, -0.15) is 0 Å². The lowest BCUT2D eigenvalue weighted by Crippen LogP contribution is -2.31. The third-order valence-corrected chi connectivity index (χ3v) is 3.21. The highest BCUT2D eigenvalue weighted by atomic mass is 35.5. The van der Waals surface area contributed by atoms with Crippen LogP contribution in [0.25, 0.3) is 0 Å². The van der Waals surface area contributed by atoms with Gasteiger partial charge < -0.3 is 10.1 Å². The number of nitrogens with zero attached hydrogens (tertiary/aromatic N) is 2. The summed E-state index contributed by atoms with van der Waals surface area (Å²) in [5, 5.41) is 3.95. The van der Waals surface area contributed by atoms with Crippen LogP contribution in [-0.4, -0.2) is 29.2 Å². The molecule has 1 fully saturated rings. The van der Waals surface area contributed by atoms with Gasteiger partial charge in [-0.15, -0.1) is 0 Å². The van der Waals surface area contributed by atoms with Gasteiger partial charge in [0.15, 0.2) is 0 Å². The highest BCUT2D eigenvalue weighted by Gasteiger charge is 2.18. The van der Waals surface area contributed by atoms with Crippen LogP contribution >= 0.6 is 11.6 Å². The quantitative estimate of drug-likeness (QED) is 0.844. The van der Waals surface area contributed by atoms with Gasteiger partial charge >= 0.3 is 0 Å². The molecule has 1 aromatic rings. The SMILES string of the molecule is CC(C)c1c(Cl)ncnc1NC1CCCOC1. The second-order valence-corrected chi connectivity index (χ2v) is 5.00. The molecule has 1 atom stereocenters. The molecule has 2 heterocycles. The summed E-state index contributed by atoms with van der Waals surface area (Å²) in [6, 6.07) is 0.326. The Labute approximate surface area is 107 Å². The minimum absolute atomic E-state index is 0.302. The minimum Gasteiger partial charge on any atom is -0.379 e. The molecule has 0 aliphatic carbocycles. The van der Waals surface area contributed by atoms with E-state index in [1.54, 1.807) is 0 Å². The summed E-state index contributed by atoms with van der Waals surface area (Å²) >= 11 is 6.12. The molecule has 1 aliphatic rings. The normalized spacial score (nSPS) is 20.6. The lowest BCUT2D eigenvalue weighted by Gasteiger charge is -2.25. The number of hydrogen-bond acceptors (Lipinski definition) is 4. The molecule has 94 valence electrons. The smallest absolute Gasteiger partial charge is 0.138 e. The summed E-state index contributed by atoms with van der Waals surface area (Å²) in [7, 11) is 0. The largest absolute Gasteiger partial charge is 0.379 e. The maximum atomic E-state index is 6.12. The van der Waals surface area contributed by atoms with Crippen molar-refractivity contribution in [2.24, 2.45) is 0 Å². The monoisotopic (exact) mass is 255 g/mol. The van der Waals surface area contributed by atoms with E-state index < -0.39 is 0 Å². The highest BCUT2D eigenvalue weighted by Crippen LogP contribution is 2.28. The van der Waals surface area contributed by atoms with Crippen molar-refractivity contribution in [3.05, 3.63) is 17.0 Å². The Balaban J connectivity index is 2.16. The molecule has 2 rings (SSSR count). The van der Waals surface area contributed by atoms with Crippen LogP contribution in [0.3, 0.4) is 0 Å². The Morgan fingerprint density at radius 2 is 2.29 bits per heavy atom. The second kappa shape index (κ2) is 5.65. The van der Waals surface area contributed by atoms with Gasteiger partial charge in [0.2, 0.25) is 0 Å². The Morgan fingerprint density at radius 1 is 1.47 bits per heavy atom. The molecule has 1 aromatic heterocycles. The molecule has 0 amide bonds. The number of ether oxygens (including phenoxy) is 1. The summed E-state index contributed by atoms with van der Waals surface area (Å²) in [6.07, 6.45) is 3.70. The standard InChI is InChI=1S/C12H18ClN3O/c1-8(2)10-11(13)14-7-15-12(10)16-9-4-3-5-17-6-9/h7-9H,3-6H2,1-2H3,(H,14,15,16). The molecule has 0 saturated carbocycles. The fourth-order valence-electron chi connectivity index (χ4n) is 2.05. The van der Waals surface area contributed by atoms with E-state index in [9.17, 15) is 0 Å². The second-order valence-electron chi connectivity index (χ2n) is 4.64. The maximum Gasteiger partial charge on any atom is 0.138 e. The predicted octanol–water partition coefficient (Wildman–Crippen LogP) is 2.84. The van der Waals surface area contributed by atoms with Crippen molar-refractivity contribution in [1.29, 1.82) is 0 Å². The number of aromatic nitrogens is 2. The van der Waals surface area contributed by atoms with Crippen molar-refractivity contribution in [3.8, 4) is 0 Å². The first kappa shape index (κ1) is 12.6. The number of hydrogen-bond donors (Lipinski definition) is 1. The van der Waals surface area contributed by atoms with Gasteiger partial charge in [0.1, 0.15) is 17.3 Å². The maximum absolute atomic E-state index is 6.12. The molecule has 5 heteroatoms. The van der Waals surface area contributed by atoms with Gasteiger partial charge in [0, 0.05) is 12.2 Å². The Hall–Kier alpha value is -0.870. The Bertz CT molecular complexity index is 378. The van der Waals surface area contributed by atoms with Crippen LogP contribution in [0, 0.1) is 0 Å². The number of anilines is 1. The van der Waals surface area contributed by atoms with E-state index in [4.69, 9.17) is 16.3 Å². The van der Waals surface area contributed by atoms with Crippen LogP contribution in [0.2, 0.25) is 5.15 Å². The van der Waals surface area contributed by atoms with Gasteiger partial charge in [0.25, 0.3) is 0 Å². The van der Waals surface area contributed by atoms with E-state index in [1.807, 2.05) is 0 Å². The molecule has 17 heavy (non-hydrogen) atoms. The lowest BCUT2D eigenvalue weighted by atomic mass is 10.0. The minimum atomic E-state index is 0.302. The van der Waals surface area contributed by atoms with Crippen molar-refractivity contribution in [2.45, 2.75) is 38.6 Å². The summed E-state index contributed by atoms with van der Waals surface area (Å²) in [5.41, 5.74) is 0.986. The number of rotatable bonds is 3. The predicted molar refractivity (Wildman–Crippen MR) is 68.6 cm³/mol. The molecule has 0 aromatic carbocycles. The average Bonchev–Trinajstić information content (AvgIpc) is 2.30. The van der Waals surface area contributed by atoms with E-state index in [0.29, 0.717) is 17.1 Å². The summed E-state index contributed by atoms with van der Waals surface area (Å²) in [4.78, 5) is 8.33. The van der Waals surface area contributed by atoms with E-state index in [2.05, 4.69) is 29.1 Å². The first-order valence-electron chi connectivity index (χ1n) is 6.03. The molecule has 1 aliphatic heterocycles. The van der Waals surface area contributed by atoms with Gasteiger partial charge in [-0.25, -0.2) is 9.97 Å². The molecule has 1 N–H and O–H groups in total. The van der Waals surface area contributed by atoms with Crippen molar-refractivity contribution < 1.29 is 4.74 Å². The molecule has 0 radical (unpaired) electrons. The van der Waals surface area contributed by atoms with Crippen LogP contribution in [0.15, 0.2) is 6.33 Å². The number of halogens is 1. The third-order valence-electron chi connectivity index (χ3n) is 2.91. The fourth-order valence-corrected chi connectivity index (χ4v) is 2.40. The topological polar surface area (TPSA) is 47.0 Å². The van der Waals surface area contributed by atoms with Crippen LogP contribution in [-0.2, 0) is 4.74 Å². The first-order valence-corrected chi connectivity index (χ1v) is 6.41. The fraction of sp³-hybridized carbons (Fsp3) is 0.667. The van der Waals surface area contributed by atoms with Crippen molar-refractivity contribution in [2.75, 3.05) is 18.5 Å². The van der Waals surface area contributed by atoms with Gasteiger partial charge in [-0.05, 0) is 18.8 Å². The Kier molecular flexibility index (Phi) is 4.18. The molecular weight excluding hydrogens is 238 g/mol. The van der Waals surface area contributed by atoms with Crippen molar-refractivity contribution in [1.82, 2.24) is 9.97 Å². The lowest BCUT2D eigenvalue weighted by molar-refractivity contribution is 0.0875. The van der Waals surface area contributed by atoms with Crippen LogP contribution in [0.1, 0.15) is 38.2 Å². The average molecular weight is 256 g/mol. The van der Waals surface area contributed by atoms with E-state index in [1.165, 1.54) is 6.33 Å². The first-order chi connectivity index (χ1) is 8.18. The zero-order valence-corrected chi connectivity index (χ0v) is 11.0. The third kappa shape index (κ3) is 3.07.